The van der Waals surface area contributed by atoms with Gasteiger partial charge in [0, 0.05) is 6.07 Å². The lowest BCUT2D eigenvalue weighted by Gasteiger charge is -2.12. The van der Waals surface area contributed by atoms with Gasteiger partial charge in [0.1, 0.15) is 22.8 Å². The molecular formula is C16H16O4. The first-order chi connectivity index (χ1) is 9.56. The molecule has 0 unspecified atom stereocenters. The van der Waals surface area contributed by atoms with Crippen LogP contribution in [-0.4, -0.2) is 17.2 Å². The van der Waals surface area contributed by atoms with E-state index < -0.39 is 5.97 Å². The molecule has 0 saturated heterocycles. The fraction of sp³-hybridized carbons (Fsp3) is 0.188. The topological polar surface area (TPSA) is 55.8 Å². The molecule has 4 heteroatoms. The van der Waals surface area contributed by atoms with E-state index in [0.717, 1.165) is 0 Å². The first-order valence-electron chi connectivity index (χ1n) is 6.33. The van der Waals surface area contributed by atoms with E-state index in [-0.39, 0.29) is 11.7 Å². The Morgan fingerprint density at radius 1 is 1.05 bits per heavy atom. The van der Waals surface area contributed by atoms with Crippen LogP contribution in [0.4, 0.5) is 0 Å². The molecule has 2 aromatic carbocycles. The summed E-state index contributed by atoms with van der Waals surface area (Å²) in [5.74, 6) is 0.513. The van der Waals surface area contributed by atoms with Gasteiger partial charge in [-0.25, -0.2) is 4.79 Å². The Labute approximate surface area is 117 Å². The van der Waals surface area contributed by atoms with Gasteiger partial charge in [0.2, 0.25) is 0 Å². The summed E-state index contributed by atoms with van der Waals surface area (Å²) in [7, 11) is 0. The molecule has 0 saturated carbocycles. The highest BCUT2D eigenvalue weighted by atomic mass is 16.5. The largest absolute Gasteiger partial charge is 0.491 e. The zero-order valence-corrected chi connectivity index (χ0v) is 11.4. The second-order valence-corrected chi connectivity index (χ2v) is 4.54. The molecule has 4 nitrogen and oxygen atoms in total. The highest BCUT2D eigenvalue weighted by molar-refractivity contribution is 5.90. The molecule has 0 aliphatic carbocycles. The van der Waals surface area contributed by atoms with E-state index >= 15 is 0 Å². The highest BCUT2D eigenvalue weighted by Crippen LogP contribution is 2.28. The molecule has 20 heavy (non-hydrogen) atoms. The van der Waals surface area contributed by atoms with E-state index in [9.17, 15) is 4.79 Å². The maximum absolute atomic E-state index is 11.1. The fourth-order valence-corrected chi connectivity index (χ4v) is 1.74. The van der Waals surface area contributed by atoms with Crippen LogP contribution in [0.2, 0.25) is 0 Å². The Morgan fingerprint density at radius 3 is 2.45 bits per heavy atom. The number of para-hydroxylation sites is 1. The molecule has 0 bridgehead atoms. The van der Waals surface area contributed by atoms with Crippen molar-refractivity contribution in [3.63, 3.8) is 0 Å². The van der Waals surface area contributed by atoms with Crippen molar-refractivity contribution in [3.8, 4) is 17.2 Å². The number of rotatable bonds is 5. The van der Waals surface area contributed by atoms with Gasteiger partial charge in [-0.05, 0) is 38.1 Å². The van der Waals surface area contributed by atoms with Crippen LogP contribution in [0.5, 0.6) is 17.2 Å². The molecule has 0 atom stereocenters. The summed E-state index contributed by atoms with van der Waals surface area (Å²) in [6.45, 7) is 3.88. The van der Waals surface area contributed by atoms with E-state index in [1.54, 1.807) is 36.4 Å². The Kier molecular flexibility index (Phi) is 4.25. The third kappa shape index (κ3) is 3.51. The van der Waals surface area contributed by atoms with Gasteiger partial charge in [-0.3, -0.25) is 0 Å². The minimum Gasteiger partial charge on any atom is -0.491 e. The fourth-order valence-electron chi connectivity index (χ4n) is 1.74. The van der Waals surface area contributed by atoms with E-state index in [1.807, 2.05) is 19.9 Å². The van der Waals surface area contributed by atoms with Crippen LogP contribution >= 0.6 is 0 Å². The van der Waals surface area contributed by atoms with Crippen molar-refractivity contribution in [2.24, 2.45) is 0 Å². The lowest BCUT2D eigenvalue weighted by atomic mass is 10.2. The molecule has 0 heterocycles. The number of carboxylic acid groups (broad SMARTS) is 1. The number of benzene rings is 2. The molecule has 0 fully saturated rings. The SMILES string of the molecule is CC(C)Oc1cccc(Oc2ccccc2C(=O)O)c1. The summed E-state index contributed by atoms with van der Waals surface area (Å²) in [6.07, 6.45) is 0.0663. The quantitative estimate of drug-likeness (QED) is 0.895. The van der Waals surface area contributed by atoms with Crippen LogP contribution in [0, 0.1) is 0 Å². The molecule has 2 aromatic rings. The van der Waals surface area contributed by atoms with Crippen molar-refractivity contribution in [3.05, 3.63) is 54.1 Å². The predicted molar refractivity (Wildman–Crippen MR) is 75.7 cm³/mol. The van der Waals surface area contributed by atoms with Crippen molar-refractivity contribution in [1.29, 1.82) is 0 Å². The zero-order chi connectivity index (χ0) is 14.5. The second kappa shape index (κ2) is 6.10. The number of carbonyl (C=O) groups is 1. The average molecular weight is 272 g/mol. The third-order valence-corrected chi connectivity index (χ3v) is 2.52. The zero-order valence-electron chi connectivity index (χ0n) is 11.4. The van der Waals surface area contributed by atoms with E-state index in [2.05, 4.69) is 0 Å². The maximum Gasteiger partial charge on any atom is 0.339 e. The number of hydrogen-bond donors (Lipinski definition) is 1. The van der Waals surface area contributed by atoms with Gasteiger partial charge in [0.15, 0.2) is 0 Å². The van der Waals surface area contributed by atoms with Gasteiger partial charge >= 0.3 is 5.97 Å². The normalized spacial score (nSPS) is 10.3. The maximum atomic E-state index is 11.1. The van der Waals surface area contributed by atoms with Crippen LogP contribution in [-0.2, 0) is 0 Å². The van der Waals surface area contributed by atoms with Crippen LogP contribution in [0.25, 0.3) is 0 Å². The van der Waals surface area contributed by atoms with Crippen molar-refractivity contribution in [2.75, 3.05) is 0 Å². The van der Waals surface area contributed by atoms with E-state index in [1.165, 1.54) is 6.07 Å². The Bertz CT molecular complexity index is 605. The smallest absolute Gasteiger partial charge is 0.339 e. The Morgan fingerprint density at radius 2 is 1.75 bits per heavy atom. The molecule has 104 valence electrons. The third-order valence-electron chi connectivity index (χ3n) is 2.52. The first kappa shape index (κ1) is 13.9. The standard InChI is InChI=1S/C16H16O4/c1-11(2)19-12-6-5-7-13(10-12)20-15-9-4-3-8-14(15)16(17)18/h3-11H,1-2H3,(H,17,18). The monoisotopic (exact) mass is 272 g/mol. The predicted octanol–water partition coefficient (Wildman–Crippen LogP) is 3.96. The van der Waals surface area contributed by atoms with Crippen molar-refractivity contribution in [2.45, 2.75) is 20.0 Å². The number of hydrogen-bond acceptors (Lipinski definition) is 3. The molecule has 0 amide bonds. The van der Waals surface area contributed by atoms with Gasteiger partial charge in [0.05, 0.1) is 6.10 Å². The van der Waals surface area contributed by atoms with Gasteiger partial charge < -0.3 is 14.6 Å². The van der Waals surface area contributed by atoms with Crippen molar-refractivity contribution in [1.82, 2.24) is 0 Å². The van der Waals surface area contributed by atoms with Crippen molar-refractivity contribution >= 4 is 5.97 Å². The molecule has 0 spiro atoms. The molecular weight excluding hydrogens is 256 g/mol. The van der Waals surface area contributed by atoms with Crippen LogP contribution in [0.15, 0.2) is 48.5 Å². The Hall–Kier alpha value is -2.49. The first-order valence-corrected chi connectivity index (χ1v) is 6.33. The second-order valence-electron chi connectivity index (χ2n) is 4.54. The Balaban J connectivity index is 2.24. The summed E-state index contributed by atoms with van der Waals surface area (Å²) in [6, 6.07) is 13.6. The number of ether oxygens (including phenoxy) is 2. The highest BCUT2D eigenvalue weighted by Gasteiger charge is 2.11. The summed E-state index contributed by atoms with van der Waals surface area (Å²) in [5, 5.41) is 9.11. The van der Waals surface area contributed by atoms with Crippen molar-refractivity contribution < 1.29 is 19.4 Å². The lowest BCUT2D eigenvalue weighted by Crippen LogP contribution is -2.05. The minimum absolute atomic E-state index is 0.0663. The van der Waals surface area contributed by atoms with E-state index in [0.29, 0.717) is 17.2 Å². The van der Waals surface area contributed by atoms with Gasteiger partial charge in [-0.2, -0.15) is 0 Å². The molecule has 1 N–H and O–H groups in total. The van der Waals surface area contributed by atoms with Crippen LogP contribution in [0.1, 0.15) is 24.2 Å². The average Bonchev–Trinajstić information content (AvgIpc) is 2.38. The molecule has 0 aromatic heterocycles. The number of carboxylic acids is 1. The number of aromatic carboxylic acids is 1. The summed E-state index contributed by atoms with van der Waals surface area (Å²) in [5.41, 5.74) is 0.127. The van der Waals surface area contributed by atoms with Gasteiger partial charge in [0.25, 0.3) is 0 Å². The minimum atomic E-state index is -1.02. The summed E-state index contributed by atoms with van der Waals surface area (Å²) in [4.78, 5) is 11.1. The lowest BCUT2D eigenvalue weighted by molar-refractivity contribution is 0.0694. The molecule has 0 aliphatic heterocycles. The summed E-state index contributed by atoms with van der Waals surface area (Å²) >= 11 is 0. The molecule has 0 radical (unpaired) electrons. The van der Waals surface area contributed by atoms with Crippen LogP contribution in [0.3, 0.4) is 0 Å². The van der Waals surface area contributed by atoms with E-state index in [4.69, 9.17) is 14.6 Å². The van der Waals surface area contributed by atoms with Crippen LogP contribution < -0.4 is 9.47 Å². The van der Waals surface area contributed by atoms with Gasteiger partial charge in [-0.15, -0.1) is 0 Å². The van der Waals surface area contributed by atoms with Gasteiger partial charge in [-0.1, -0.05) is 18.2 Å². The molecule has 2 rings (SSSR count). The summed E-state index contributed by atoms with van der Waals surface area (Å²) < 4.78 is 11.2. The molecule has 0 aliphatic rings.